The van der Waals surface area contributed by atoms with E-state index in [2.05, 4.69) is 9.47 Å². The van der Waals surface area contributed by atoms with Gasteiger partial charge in [-0.2, -0.15) is 0 Å². The second-order valence-corrected chi connectivity index (χ2v) is 6.41. The summed E-state index contributed by atoms with van der Waals surface area (Å²) in [4.78, 5) is 48.9. The summed E-state index contributed by atoms with van der Waals surface area (Å²) >= 11 is 0. The molecule has 0 saturated heterocycles. The average molecular weight is 334 g/mol. The van der Waals surface area contributed by atoms with Crippen LogP contribution in [-0.4, -0.2) is 43.5 Å². The van der Waals surface area contributed by atoms with E-state index in [9.17, 15) is 19.2 Å². The highest BCUT2D eigenvalue weighted by molar-refractivity contribution is 6.26. The second-order valence-electron chi connectivity index (χ2n) is 6.41. The Labute approximate surface area is 138 Å². The van der Waals surface area contributed by atoms with Crippen molar-refractivity contribution in [3.63, 3.8) is 0 Å². The molecule has 0 saturated carbocycles. The van der Waals surface area contributed by atoms with Crippen molar-refractivity contribution in [1.82, 2.24) is 0 Å². The maximum absolute atomic E-state index is 12.5. The van der Waals surface area contributed by atoms with Gasteiger partial charge in [-0.25, -0.2) is 14.4 Å². The molecular weight excluding hydrogens is 316 g/mol. The summed E-state index contributed by atoms with van der Waals surface area (Å²) in [5.74, 6) is -3.82. The van der Waals surface area contributed by atoms with Gasteiger partial charge in [-0.05, 0) is 23.1 Å². The van der Waals surface area contributed by atoms with Crippen molar-refractivity contribution in [3.8, 4) is 0 Å². The molecule has 7 heteroatoms. The quantitative estimate of drug-likeness (QED) is 0.423. The van der Waals surface area contributed by atoms with Crippen molar-refractivity contribution in [2.45, 2.75) is 26.4 Å². The van der Waals surface area contributed by atoms with Crippen molar-refractivity contribution >= 4 is 23.7 Å². The zero-order chi connectivity index (χ0) is 18.3. The first kappa shape index (κ1) is 17.7. The molecule has 2 aliphatic rings. The SMILES string of the molecule is COC(=O)C1=C(C(=O)OC)C2(C=C(C(C)(C)C)C=CC2=O)OC1=O. The van der Waals surface area contributed by atoms with Gasteiger partial charge in [0.15, 0.2) is 5.57 Å². The predicted octanol–water partition coefficient (Wildman–Crippen LogP) is 1.04. The Kier molecular flexibility index (Phi) is 4.22. The van der Waals surface area contributed by atoms with Crippen LogP contribution in [0.1, 0.15) is 20.8 Å². The monoisotopic (exact) mass is 334 g/mol. The standard InChI is InChI=1S/C17H18O7/c1-16(2,3)9-6-7-10(18)17(8-9)12(15(21)23-5)11(13(19)22-4)14(20)24-17/h6-8H,1-5H3. The molecule has 7 nitrogen and oxygen atoms in total. The Morgan fingerprint density at radius 2 is 1.62 bits per heavy atom. The van der Waals surface area contributed by atoms with Gasteiger partial charge in [0, 0.05) is 0 Å². The first-order valence-electron chi connectivity index (χ1n) is 7.19. The molecule has 1 spiro atoms. The molecule has 1 atom stereocenters. The van der Waals surface area contributed by atoms with E-state index in [1.807, 2.05) is 20.8 Å². The second kappa shape index (κ2) is 5.74. The van der Waals surface area contributed by atoms with Crippen molar-refractivity contribution in [2.75, 3.05) is 14.2 Å². The molecule has 1 aliphatic heterocycles. The topological polar surface area (TPSA) is 96.0 Å². The molecule has 24 heavy (non-hydrogen) atoms. The minimum atomic E-state index is -2.01. The number of carbonyl (C=O) groups is 4. The van der Waals surface area contributed by atoms with Gasteiger partial charge in [0.05, 0.1) is 14.2 Å². The summed E-state index contributed by atoms with van der Waals surface area (Å²) in [6.45, 7) is 5.69. The largest absolute Gasteiger partial charge is 0.466 e. The minimum Gasteiger partial charge on any atom is -0.466 e. The van der Waals surface area contributed by atoms with E-state index in [1.165, 1.54) is 12.2 Å². The van der Waals surface area contributed by atoms with Crippen LogP contribution in [0.5, 0.6) is 0 Å². The Balaban J connectivity index is 2.78. The van der Waals surface area contributed by atoms with Gasteiger partial charge in [0.2, 0.25) is 11.4 Å². The van der Waals surface area contributed by atoms with Crippen LogP contribution in [-0.2, 0) is 33.4 Å². The van der Waals surface area contributed by atoms with Crippen LogP contribution in [0.2, 0.25) is 0 Å². The summed E-state index contributed by atoms with van der Waals surface area (Å²) < 4.78 is 14.4. The number of hydrogen-bond acceptors (Lipinski definition) is 7. The van der Waals surface area contributed by atoms with Gasteiger partial charge in [0.1, 0.15) is 5.57 Å². The number of rotatable bonds is 2. The highest BCUT2D eigenvalue weighted by Crippen LogP contribution is 2.42. The van der Waals surface area contributed by atoms with Crippen LogP contribution in [0.25, 0.3) is 0 Å². The molecule has 1 unspecified atom stereocenters. The number of allylic oxidation sites excluding steroid dienone is 2. The highest BCUT2D eigenvalue weighted by Gasteiger charge is 2.57. The Bertz CT molecular complexity index is 731. The molecule has 0 bridgehead atoms. The lowest BCUT2D eigenvalue weighted by molar-refractivity contribution is -0.153. The zero-order valence-electron chi connectivity index (χ0n) is 14.1. The van der Waals surface area contributed by atoms with E-state index < -0.39 is 40.4 Å². The number of carbonyl (C=O) groups excluding carboxylic acids is 4. The van der Waals surface area contributed by atoms with Crippen LogP contribution in [0.3, 0.4) is 0 Å². The maximum atomic E-state index is 12.5. The van der Waals surface area contributed by atoms with Gasteiger partial charge in [0.25, 0.3) is 0 Å². The Morgan fingerprint density at radius 3 is 2.12 bits per heavy atom. The summed E-state index contributed by atoms with van der Waals surface area (Å²) in [5.41, 5.74) is -2.81. The van der Waals surface area contributed by atoms with E-state index in [-0.39, 0.29) is 5.41 Å². The summed E-state index contributed by atoms with van der Waals surface area (Å²) in [7, 11) is 2.14. The van der Waals surface area contributed by atoms with Gasteiger partial charge in [-0.1, -0.05) is 26.8 Å². The number of methoxy groups -OCH3 is 2. The molecule has 0 fully saturated rings. The van der Waals surface area contributed by atoms with Crippen molar-refractivity contribution in [2.24, 2.45) is 5.41 Å². The first-order valence-corrected chi connectivity index (χ1v) is 7.19. The van der Waals surface area contributed by atoms with Crippen LogP contribution >= 0.6 is 0 Å². The lowest BCUT2D eigenvalue weighted by Crippen LogP contribution is -2.43. The summed E-state index contributed by atoms with van der Waals surface area (Å²) in [6, 6.07) is 0. The molecule has 1 heterocycles. The lowest BCUT2D eigenvalue weighted by Gasteiger charge is -2.31. The van der Waals surface area contributed by atoms with E-state index in [4.69, 9.17) is 4.74 Å². The number of ketones is 1. The molecule has 0 N–H and O–H groups in total. The predicted molar refractivity (Wildman–Crippen MR) is 81.6 cm³/mol. The molecule has 0 amide bonds. The molecule has 0 aromatic carbocycles. The molecular formula is C17H18O7. The number of hydrogen-bond donors (Lipinski definition) is 0. The molecule has 128 valence electrons. The zero-order valence-corrected chi connectivity index (χ0v) is 14.1. The molecule has 0 aromatic heterocycles. The smallest absolute Gasteiger partial charge is 0.348 e. The summed E-state index contributed by atoms with van der Waals surface area (Å²) in [5, 5.41) is 0. The fourth-order valence-electron chi connectivity index (χ4n) is 2.55. The van der Waals surface area contributed by atoms with Crippen molar-refractivity contribution < 1.29 is 33.4 Å². The average Bonchev–Trinajstić information content (AvgIpc) is 2.80. The van der Waals surface area contributed by atoms with Gasteiger partial charge in [-0.15, -0.1) is 0 Å². The Hall–Kier alpha value is -2.70. The molecule has 0 radical (unpaired) electrons. The van der Waals surface area contributed by atoms with Crippen LogP contribution in [0.4, 0.5) is 0 Å². The third kappa shape index (κ3) is 2.55. The lowest BCUT2D eigenvalue weighted by atomic mass is 9.76. The van der Waals surface area contributed by atoms with E-state index in [0.29, 0.717) is 5.57 Å². The van der Waals surface area contributed by atoms with E-state index in [1.54, 1.807) is 6.08 Å². The van der Waals surface area contributed by atoms with Crippen LogP contribution in [0.15, 0.2) is 34.9 Å². The third-order valence-electron chi connectivity index (χ3n) is 3.86. The normalized spacial score (nSPS) is 23.3. The minimum absolute atomic E-state index is 0.383. The molecule has 2 rings (SSSR count). The van der Waals surface area contributed by atoms with Gasteiger partial charge < -0.3 is 14.2 Å². The number of esters is 3. The van der Waals surface area contributed by atoms with E-state index in [0.717, 1.165) is 14.2 Å². The van der Waals surface area contributed by atoms with Gasteiger partial charge >= 0.3 is 17.9 Å². The third-order valence-corrected chi connectivity index (χ3v) is 3.86. The first-order chi connectivity index (χ1) is 11.1. The van der Waals surface area contributed by atoms with Crippen LogP contribution < -0.4 is 0 Å². The number of ether oxygens (including phenoxy) is 3. The molecule has 1 aliphatic carbocycles. The van der Waals surface area contributed by atoms with Crippen molar-refractivity contribution in [1.29, 1.82) is 0 Å². The summed E-state index contributed by atoms with van der Waals surface area (Å²) in [6.07, 6.45) is 4.19. The fraction of sp³-hybridized carbons (Fsp3) is 0.412. The maximum Gasteiger partial charge on any atom is 0.348 e. The highest BCUT2D eigenvalue weighted by atomic mass is 16.6. The van der Waals surface area contributed by atoms with Crippen LogP contribution in [0, 0.1) is 5.41 Å². The fourth-order valence-corrected chi connectivity index (χ4v) is 2.55. The van der Waals surface area contributed by atoms with Crippen molar-refractivity contribution in [3.05, 3.63) is 34.9 Å². The Morgan fingerprint density at radius 1 is 1.04 bits per heavy atom. The van der Waals surface area contributed by atoms with E-state index >= 15 is 0 Å². The van der Waals surface area contributed by atoms with Gasteiger partial charge in [-0.3, -0.25) is 4.79 Å². The molecule has 0 aromatic rings.